The number of carbonyl (C=O) groups is 1. The molecule has 0 unspecified atom stereocenters. The number of halogens is 1. The summed E-state index contributed by atoms with van der Waals surface area (Å²) < 4.78 is 35.5. The molecule has 0 saturated carbocycles. The van der Waals surface area contributed by atoms with E-state index in [1.165, 1.54) is 32.6 Å². The first-order valence-corrected chi connectivity index (χ1v) is 9.60. The van der Waals surface area contributed by atoms with Crippen LogP contribution in [-0.4, -0.2) is 20.2 Å². The van der Waals surface area contributed by atoms with Gasteiger partial charge in [0, 0.05) is 18.2 Å². The Morgan fingerprint density at radius 2 is 1.52 bits per heavy atom. The number of esters is 1. The van der Waals surface area contributed by atoms with Crippen molar-refractivity contribution in [3.8, 4) is 11.5 Å². The standard InChI is InChI=1S/C25H23FO5/c1-28-17-24(25(27)29-2)23-11-7-6-10-19(23)16-31-22-13-20(26)12-21(14-22)30-15-18-8-4-3-5-9-18/h3-14,17H,15-16H2,1-2H3/b24-17+. The summed E-state index contributed by atoms with van der Waals surface area (Å²) in [6.07, 6.45) is 1.32. The largest absolute Gasteiger partial charge is 0.503 e. The highest BCUT2D eigenvalue weighted by Crippen LogP contribution is 2.26. The summed E-state index contributed by atoms with van der Waals surface area (Å²) >= 11 is 0. The van der Waals surface area contributed by atoms with E-state index in [1.54, 1.807) is 18.2 Å². The molecule has 0 heterocycles. The molecule has 0 radical (unpaired) electrons. The molecule has 31 heavy (non-hydrogen) atoms. The average Bonchev–Trinajstić information content (AvgIpc) is 2.80. The monoisotopic (exact) mass is 422 g/mol. The van der Waals surface area contributed by atoms with Gasteiger partial charge >= 0.3 is 5.97 Å². The third-order valence-electron chi connectivity index (χ3n) is 4.44. The second-order valence-electron chi connectivity index (χ2n) is 6.60. The predicted octanol–water partition coefficient (Wildman–Crippen LogP) is 5.14. The summed E-state index contributed by atoms with van der Waals surface area (Å²) in [5, 5.41) is 0. The van der Waals surface area contributed by atoms with Crippen LogP contribution in [0.15, 0.2) is 79.1 Å². The maximum atomic E-state index is 14.1. The van der Waals surface area contributed by atoms with Crippen molar-refractivity contribution in [3.05, 3.63) is 102 Å². The number of hydrogen-bond donors (Lipinski definition) is 0. The van der Waals surface area contributed by atoms with Gasteiger partial charge in [0.2, 0.25) is 0 Å². The highest BCUT2D eigenvalue weighted by molar-refractivity contribution is 6.16. The van der Waals surface area contributed by atoms with Gasteiger partial charge in [-0.15, -0.1) is 0 Å². The highest BCUT2D eigenvalue weighted by Gasteiger charge is 2.17. The lowest BCUT2D eigenvalue weighted by atomic mass is 10.0. The highest BCUT2D eigenvalue weighted by atomic mass is 19.1. The second kappa shape index (κ2) is 10.8. The van der Waals surface area contributed by atoms with E-state index >= 15 is 0 Å². The van der Waals surface area contributed by atoms with Gasteiger partial charge in [0.25, 0.3) is 0 Å². The van der Waals surface area contributed by atoms with Crippen LogP contribution in [0.1, 0.15) is 16.7 Å². The van der Waals surface area contributed by atoms with E-state index in [2.05, 4.69) is 0 Å². The molecule has 0 aliphatic heterocycles. The summed E-state index contributed by atoms with van der Waals surface area (Å²) in [5.74, 6) is -0.324. The van der Waals surface area contributed by atoms with Crippen LogP contribution in [0.5, 0.6) is 11.5 Å². The molecule has 3 aromatic carbocycles. The van der Waals surface area contributed by atoms with E-state index in [-0.39, 0.29) is 12.2 Å². The van der Waals surface area contributed by atoms with Crippen LogP contribution >= 0.6 is 0 Å². The average molecular weight is 422 g/mol. The quantitative estimate of drug-likeness (QED) is 0.271. The molecule has 0 aromatic heterocycles. The first kappa shape index (κ1) is 21.9. The normalized spacial score (nSPS) is 11.0. The molecular formula is C25H23FO5. The van der Waals surface area contributed by atoms with Crippen LogP contribution < -0.4 is 9.47 Å². The molecule has 0 saturated heterocycles. The van der Waals surface area contributed by atoms with Crippen LogP contribution in [0.3, 0.4) is 0 Å². The number of ether oxygens (including phenoxy) is 4. The fourth-order valence-corrected chi connectivity index (χ4v) is 2.96. The van der Waals surface area contributed by atoms with Crippen molar-refractivity contribution in [2.24, 2.45) is 0 Å². The van der Waals surface area contributed by atoms with Gasteiger partial charge in [0.05, 0.1) is 20.5 Å². The summed E-state index contributed by atoms with van der Waals surface area (Å²) in [6, 6.07) is 21.0. The van der Waals surface area contributed by atoms with Gasteiger partial charge in [-0.05, 0) is 16.7 Å². The molecule has 0 bridgehead atoms. The minimum absolute atomic E-state index is 0.107. The smallest absolute Gasteiger partial charge is 0.341 e. The van der Waals surface area contributed by atoms with Crippen LogP contribution in [0.4, 0.5) is 4.39 Å². The molecule has 6 heteroatoms. The molecule has 0 atom stereocenters. The van der Waals surface area contributed by atoms with Crippen LogP contribution in [0, 0.1) is 5.82 Å². The fraction of sp³-hybridized carbons (Fsp3) is 0.160. The molecule has 160 valence electrons. The van der Waals surface area contributed by atoms with Crippen LogP contribution in [-0.2, 0) is 27.5 Å². The third-order valence-corrected chi connectivity index (χ3v) is 4.44. The molecule has 0 fully saturated rings. The molecule has 0 N–H and O–H groups in total. The van der Waals surface area contributed by atoms with E-state index in [9.17, 15) is 9.18 Å². The molecule has 3 aromatic rings. The van der Waals surface area contributed by atoms with Gasteiger partial charge in [-0.1, -0.05) is 54.6 Å². The summed E-state index contributed by atoms with van der Waals surface area (Å²) in [6.45, 7) is 0.423. The van der Waals surface area contributed by atoms with Crippen molar-refractivity contribution in [2.45, 2.75) is 13.2 Å². The van der Waals surface area contributed by atoms with Crippen molar-refractivity contribution in [1.82, 2.24) is 0 Å². The first-order chi connectivity index (χ1) is 15.1. The minimum atomic E-state index is -0.531. The Morgan fingerprint density at radius 1 is 0.871 bits per heavy atom. The second-order valence-corrected chi connectivity index (χ2v) is 6.60. The van der Waals surface area contributed by atoms with Gasteiger partial charge in [-0.2, -0.15) is 0 Å². The predicted molar refractivity (Wildman–Crippen MR) is 115 cm³/mol. The van der Waals surface area contributed by atoms with Gasteiger partial charge in [0.1, 0.15) is 36.1 Å². The van der Waals surface area contributed by atoms with E-state index in [0.29, 0.717) is 29.2 Å². The van der Waals surface area contributed by atoms with Crippen LogP contribution in [0.2, 0.25) is 0 Å². The van der Waals surface area contributed by atoms with E-state index in [1.807, 2.05) is 42.5 Å². The zero-order valence-electron chi connectivity index (χ0n) is 17.3. The molecule has 0 amide bonds. The van der Waals surface area contributed by atoms with Crippen molar-refractivity contribution < 1.29 is 28.1 Å². The Hall–Kier alpha value is -3.80. The van der Waals surface area contributed by atoms with Crippen molar-refractivity contribution in [1.29, 1.82) is 0 Å². The maximum Gasteiger partial charge on any atom is 0.341 e. The fourth-order valence-electron chi connectivity index (χ4n) is 2.96. The van der Waals surface area contributed by atoms with E-state index in [4.69, 9.17) is 18.9 Å². The van der Waals surface area contributed by atoms with E-state index in [0.717, 1.165) is 5.56 Å². The number of hydrogen-bond acceptors (Lipinski definition) is 5. The van der Waals surface area contributed by atoms with Crippen molar-refractivity contribution >= 4 is 11.5 Å². The Labute approximate surface area is 180 Å². The number of benzene rings is 3. The minimum Gasteiger partial charge on any atom is -0.503 e. The lowest BCUT2D eigenvalue weighted by Crippen LogP contribution is -2.08. The Kier molecular flexibility index (Phi) is 7.65. The molecular weight excluding hydrogens is 399 g/mol. The molecule has 5 nitrogen and oxygen atoms in total. The van der Waals surface area contributed by atoms with Crippen molar-refractivity contribution in [3.63, 3.8) is 0 Å². The number of rotatable bonds is 9. The third kappa shape index (κ3) is 6.09. The van der Waals surface area contributed by atoms with Crippen molar-refractivity contribution in [2.75, 3.05) is 14.2 Å². The zero-order valence-corrected chi connectivity index (χ0v) is 17.3. The Morgan fingerprint density at radius 3 is 2.19 bits per heavy atom. The van der Waals surface area contributed by atoms with E-state index < -0.39 is 11.8 Å². The summed E-state index contributed by atoms with van der Waals surface area (Å²) in [5.41, 5.74) is 2.55. The van der Waals surface area contributed by atoms with Gasteiger partial charge in [0.15, 0.2) is 0 Å². The SMILES string of the molecule is CO/C=C(/C(=O)OC)c1ccccc1COc1cc(F)cc(OCc2ccccc2)c1. The van der Waals surface area contributed by atoms with Gasteiger partial charge in [-0.3, -0.25) is 0 Å². The van der Waals surface area contributed by atoms with Gasteiger partial charge in [-0.25, -0.2) is 9.18 Å². The van der Waals surface area contributed by atoms with Gasteiger partial charge < -0.3 is 18.9 Å². The first-order valence-electron chi connectivity index (χ1n) is 9.60. The summed E-state index contributed by atoms with van der Waals surface area (Å²) in [7, 11) is 2.75. The molecule has 3 rings (SSSR count). The maximum absolute atomic E-state index is 14.1. The molecule has 0 spiro atoms. The molecule has 0 aliphatic carbocycles. The zero-order chi connectivity index (χ0) is 22.1. The molecule has 0 aliphatic rings. The number of methoxy groups -OCH3 is 2. The summed E-state index contributed by atoms with van der Waals surface area (Å²) in [4.78, 5) is 12.1. The van der Waals surface area contributed by atoms with Crippen LogP contribution in [0.25, 0.3) is 5.57 Å². The Bertz CT molecular complexity index is 1050. The topological polar surface area (TPSA) is 54.0 Å². The number of carbonyl (C=O) groups excluding carboxylic acids is 1. The Balaban J connectivity index is 1.75. The lowest BCUT2D eigenvalue weighted by molar-refractivity contribution is -0.133. The lowest BCUT2D eigenvalue weighted by Gasteiger charge is -2.14.